The largest absolute Gasteiger partial charge is 0.454 e. The average Bonchev–Trinajstić information content (AvgIpc) is 4.03. The smallest absolute Gasteiger partial charge is 0.160 e. The molecule has 12 aromatic rings. The van der Waals surface area contributed by atoms with Crippen LogP contribution in [-0.4, -0.2) is 9.13 Å². The summed E-state index contributed by atoms with van der Waals surface area (Å²) in [6.07, 6.45) is 0. The summed E-state index contributed by atoms with van der Waals surface area (Å²) in [4.78, 5) is 0. The van der Waals surface area contributed by atoms with E-state index in [4.69, 9.17) is 8.83 Å². The van der Waals surface area contributed by atoms with Gasteiger partial charge < -0.3 is 18.0 Å². The van der Waals surface area contributed by atoms with Crippen molar-refractivity contribution in [1.29, 1.82) is 15.8 Å². The van der Waals surface area contributed by atoms with E-state index < -0.39 is 0 Å². The second kappa shape index (κ2) is 11.7. The normalized spacial score (nSPS) is 11.7. The topological polar surface area (TPSA) is 108 Å². The molecule has 4 heterocycles. The number of benzene rings is 8. The summed E-state index contributed by atoms with van der Waals surface area (Å²) in [6, 6.07) is 57.1. The van der Waals surface area contributed by atoms with Crippen LogP contribution in [0.25, 0.3) is 110 Å². The molecule has 0 radical (unpaired) electrons. The lowest BCUT2D eigenvalue weighted by Crippen LogP contribution is -2.05. The maximum absolute atomic E-state index is 10.9. The molecule has 0 unspecified atom stereocenters. The van der Waals surface area contributed by atoms with Crippen molar-refractivity contribution in [2.24, 2.45) is 0 Å². The number of hydrogen-bond donors (Lipinski definition) is 0. The van der Waals surface area contributed by atoms with E-state index >= 15 is 0 Å². The molecule has 266 valence electrons. The van der Waals surface area contributed by atoms with Crippen LogP contribution in [0.4, 0.5) is 0 Å². The van der Waals surface area contributed by atoms with Gasteiger partial charge in [-0.3, -0.25) is 0 Å². The highest BCUT2D eigenvalue weighted by Crippen LogP contribution is 2.47. The molecule has 0 atom stereocenters. The molecule has 4 aromatic heterocycles. The molecule has 0 spiro atoms. The van der Waals surface area contributed by atoms with Crippen LogP contribution in [0.3, 0.4) is 0 Å². The zero-order valence-electron chi connectivity index (χ0n) is 30.5. The first-order chi connectivity index (χ1) is 28.6. The lowest BCUT2D eigenvalue weighted by Gasteiger charge is -2.21. The molecule has 0 bridgehead atoms. The Labute approximate surface area is 329 Å². The predicted octanol–water partition coefficient (Wildman–Crippen LogP) is 13.0. The molecule has 0 fully saturated rings. The standard InChI is InChI=1S/C51H25N5O2/c52-26-29-21-30(27-53)23-32(22-29)47-43(55-41-13-5-1-9-33(41)37-17-19-39-35-11-3-7-15-45(35)57-50(39)48(37)55)24-31(28-54)25-44(47)56-42-14-6-2-10-34(42)38-18-20-40-36-12-4-8-16-46(36)58-51(40)49(38)56/h1-25H. The number of fused-ring (bicyclic) bond motifs is 14. The van der Waals surface area contributed by atoms with Crippen LogP contribution in [0.5, 0.6) is 0 Å². The Balaban J connectivity index is 1.34. The molecule has 0 amide bonds. The first-order valence-corrected chi connectivity index (χ1v) is 18.8. The van der Waals surface area contributed by atoms with Crippen LogP contribution >= 0.6 is 0 Å². The van der Waals surface area contributed by atoms with Gasteiger partial charge in [0.2, 0.25) is 0 Å². The summed E-state index contributed by atoms with van der Waals surface area (Å²) >= 11 is 0. The molecule has 7 heteroatoms. The number of furan rings is 2. The molecule has 0 N–H and O–H groups in total. The van der Waals surface area contributed by atoms with Crippen LogP contribution in [0.15, 0.2) is 160 Å². The van der Waals surface area contributed by atoms with Crippen LogP contribution < -0.4 is 0 Å². The molecular formula is C51H25N5O2. The van der Waals surface area contributed by atoms with Crippen LogP contribution in [0.2, 0.25) is 0 Å². The van der Waals surface area contributed by atoms with E-state index in [1.807, 2.05) is 84.9 Å². The van der Waals surface area contributed by atoms with Crippen molar-refractivity contribution in [2.45, 2.75) is 0 Å². The number of nitriles is 3. The summed E-state index contributed by atoms with van der Waals surface area (Å²) in [6.45, 7) is 0. The van der Waals surface area contributed by atoms with Crippen LogP contribution in [-0.2, 0) is 0 Å². The molecule has 0 aliphatic rings. The third-order valence-electron chi connectivity index (χ3n) is 11.5. The van der Waals surface area contributed by atoms with Crippen LogP contribution in [0, 0.1) is 34.0 Å². The summed E-state index contributed by atoms with van der Waals surface area (Å²) < 4.78 is 17.8. The van der Waals surface area contributed by atoms with Gasteiger partial charge in [0.1, 0.15) is 11.2 Å². The highest BCUT2D eigenvalue weighted by molar-refractivity contribution is 6.23. The van der Waals surface area contributed by atoms with E-state index in [1.54, 1.807) is 6.07 Å². The number of rotatable bonds is 3. The average molecular weight is 740 g/mol. The van der Waals surface area contributed by atoms with E-state index in [1.165, 1.54) is 0 Å². The van der Waals surface area contributed by atoms with Crippen molar-refractivity contribution in [3.05, 3.63) is 168 Å². The lowest BCUT2D eigenvalue weighted by atomic mass is 9.95. The zero-order valence-corrected chi connectivity index (χ0v) is 30.5. The van der Waals surface area contributed by atoms with Crippen molar-refractivity contribution in [2.75, 3.05) is 0 Å². The van der Waals surface area contributed by atoms with E-state index in [2.05, 4.69) is 88.0 Å². The summed E-state index contributed by atoms with van der Waals surface area (Å²) in [5, 5.41) is 39.5. The molecule has 8 aromatic carbocycles. The minimum Gasteiger partial charge on any atom is -0.454 e. The van der Waals surface area contributed by atoms with Gasteiger partial charge in [0.25, 0.3) is 0 Å². The quantitative estimate of drug-likeness (QED) is 0.179. The second-order valence-electron chi connectivity index (χ2n) is 14.6. The molecular weight excluding hydrogens is 715 g/mol. The Kier molecular flexibility index (Phi) is 6.41. The van der Waals surface area contributed by atoms with Crippen molar-refractivity contribution < 1.29 is 8.83 Å². The first kappa shape index (κ1) is 31.7. The van der Waals surface area contributed by atoms with E-state index in [0.29, 0.717) is 44.8 Å². The fourth-order valence-corrected chi connectivity index (χ4v) is 9.19. The SMILES string of the molecule is N#Cc1cc(C#N)cc(-c2c(-n3c4ccccc4c4ccc5c6ccccc6oc5c43)cc(C#N)cc2-n2c3ccccc3c3ccc4c5ccccc5oc4c32)c1. The second-order valence-corrected chi connectivity index (χ2v) is 14.6. The Morgan fingerprint density at radius 2 is 0.776 bits per heavy atom. The van der Waals surface area contributed by atoms with Gasteiger partial charge in [-0.15, -0.1) is 0 Å². The predicted molar refractivity (Wildman–Crippen MR) is 229 cm³/mol. The third kappa shape index (κ3) is 4.23. The Bertz CT molecular complexity index is 3670. The summed E-state index contributed by atoms with van der Waals surface area (Å²) in [5.74, 6) is 0. The molecule has 0 saturated heterocycles. The number of aromatic nitrogens is 2. The van der Waals surface area contributed by atoms with Gasteiger partial charge in [-0.2, -0.15) is 15.8 Å². The van der Waals surface area contributed by atoms with Crippen molar-refractivity contribution in [1.82, 2.24) is 9.13 Å². The van der Waals surface area contributed by atoms with Gasteiger partial charge in [0, 0.05) is 48.7 Å². The Morgan fingerprint density at radius 3 is 1.24 bits per heavy atom. The molecule has 0 aliphatic heterocycles. The first-order valence-electron chi connectivity index (χ1n) is 18.8. The highest BCUT2D eigenvalue weighted by Gasteiger charge is 2.27. The molecule has 58 heavy (non-hydrogen) atoms. The summed E-state index contributed by atoms with van der Waals surface area (Å²) in [5.41, 5.74) is 10.4. The minimum absolute atomic E-state index is 0.346. The monoisotopic (exact) mass is 739 g/mol. The summed E-state index contributed by atoms with van der Waals surface area (Å²) in [7, 11) is 0. The highest BCUT2D eigenvalue weighted by atomic mass is 16.3. The van der Waals surface area contributed by atoms with Gasteiger partial charge in [-0.1, -0.05) is 84.9 Å². The van der Waals surface area contributed by atoms with Gasteiger partial charge >= 0.3 is 0 Å². The Morgan fingerprint density at radius 1 is 0.379 bits per heavy atom. The molecule has 7 nitrogen and oxygen atoms in total. The van der Waals surface area contributed by atoms with Crippen molar-refractivity contribution in [3.63, 3.8) is 0 Å². The maximum atomic E-state index is 10.9. The van der Waals surface area contributed by atoms with Crippen LogP contribution in [0.1, 0.15) is 16.7 Å². The van der Waals surface area contributed by atoms with Gasteiger partial charge in [-0.25, -0.2) is 0 Å². The fraction of sp³-hybridized carbons (Fsp3) is 0. The van der Waals surface area contributed by atoms with Gasteiger partial charge in [-0.05, 0) is 72.3 Å². The molecule has 12 rings (SSSR count). The molecule has 0 aliphatic carbocycles. The van der Waals surface area contributed by atoms with Crippen molar-refractivity contribution in [3.8, 4) is 40.7 Å². The Hall–Kier alpha value is -8.57. The minimum atomic E-state index is 0.346. The number of para-hydroxylation sites is 4. The van der Waals surface area contributed by atoms with Gasteiger partial charge in [0.05, 0.1) is 68.3 Å². The fourth-order valence-electron chi connectivity index (χ4n) is 9.19. The molecule has 0 saturated carbocycles. The van der Waals surface area contributed by atoms with E-state index in [9.17, 15) is 15.8 Å². The lowest BCUT2D eigenvalue weighted by molar-refractivity contribution is 0.671. The third-order valence-corrected chi connectivity index (χ3v) is 11.5. The van der Waals surface area contributed by atoms with E-state index in [-0.39, 0.29) is 0 Å². The zero-order chi connectivity index (χ0) is 38.6. The van der Waals surface area contributed by atoms with Gasteiger partial charge in [0.15, 0.2) is 11.2 Å². The van der Waals surface area contributed by atoms with Crippen molar-refractivity contribution >= 4 is 87.5 Å². The number of nitrogens with zero attached hydrogens (tertiary/aromatic N) is 5. The maximum Gasteiger partial charge on any atom is 0.160 e. The number of hydrogen-bond acceptors (Lipinski definition) is 5. The van der Waals surface area contributed by atoms with E-state index in [0.717, 1.165) is 81.9 Å².